The summed E-state index contributed by atoms with van der Waals surface area (Å²) in [5.74, 6) is -3.88. The highest BCUT2D eigenvalue weighted by Crippen LogP contribution is 2.33. The van der Waals surface area contributed by atoms with Gasteiger partial charge in [0.25, 0.3) is 5.91 Å². The van der Waals surface area contributed by atoms with Gasteiger partial charge in [-0.05, 0) is 50.1 Å². The first-order chi connectivity index (χ1) is 17.1. The van der Waals surface area contributed by atoms with Crippen LogP contribution in [0.2, 0.25) is 15.1 Å². The minimum absolute atomic E-state index is 0.228. The number of rotatable bonds is 4. The summed E-state index contributed by atoms with van der Waals surface area (Å²) >= 11 is 18.6. The molecule has 1 aromatic heterocycles. The maximum atomic E-state index is 13.1. The normalized spacial score (nSPS) is 13.4. The third-order valence-electron chi connectivity index (χ3n) is 5.39. The summed E-state index contributed by atoms with van der Waals surface area (Å²) in [4.78, 5) is 31.3. The molecule has 190 valence electrons. The first kappa shape index (κ1) is 27.5. The van der Waals surface area contributed by atoms with E-state index in [0.717, 1.165) is 42.8 Å². The maximum absolute atomic E-state index is 13.1. The Morgan fingerprint density at radius 2 is 1.47 bits per heavy atom. The van der Waals surface area contributed by atoms with E-state index in [2.05, 4.69) is 10.5 Å². The first-order valence-corrected chi connectivity index (χ1v) is 12.0. The Morgan fingerprint density at radius 3 is 2.03 bits per heavy atom. The molecule has 0 bridgehead atoms. The van der Waals surface area contributed by atoms with Gasteiger partial charge in [0.05, 0.1) is 16.4 Å². The first-order valence-electron chi connectivity index (χ1n) is 10.9. The van der Waals surface area contributed by atoms with Crippen LogP contribution in [0.5, 0.6) is 0 Å². The van der Waals surface area contributed by atoms with Crippen molar-refractivity contribution in [3.05, 3.63) is 68.8 Å². The standard InChI is InChI=1S/C22H21Cl3N4O.C2H2O4/c1-14-20(22(30)27-28-11-3-2-4-12-28)26-29(19-10-9-17(24)13-18(19)25)21(14)15-5-7-16(23)8-6-15;3-1(4)2(5)6/h5-10,13H,2-4,11-12H2,1H3,(H,27,30);(H,3,4)(H,5,6). The molecule has 1 aliphatic rings. The zero-order chi connectivity index (χ0) is 26.4. The number of carbonyl (C=O) groups excluding carboxylic acids is 1. The Hall–Kier alpha value is -3.11. The zero-order valence-corrected chi connectivity index (χ0v) is 21.4. The summed E-state index contributed by atoms with van der Waals surface area (Å²) in [5.41, 5.74) is 6.42. The van der Waals surface area contributed by atoms with Gasteiger partial charge in [-0.15, -0.1) is 0 Å². The van der Waals surface area contributed by atoms with Crippen LogP contribution < -0.4 is 5.43 Å². The monoisotopic (exact) mass is 552 g/mol. The smallest absolute Gasteiger partial charge is 0.414 e. The number of halogens is 3. The fourth-order valence-corrected chi connectivity index (χ4v) is 4.30. The topological polar surface area (TPSA) is 125 Å². The van der Waals surface area contributed by atoms with Crippen molar-refractivity contribution in [3.63, 3.8) is 0 Å². The molecule has 0 aliphatic carbocycles. The predicted molar refractivity (Wildman–Crippen MR) is 137 cm³/mol. The number of piperidine rings is 1. The highest BCUT2D eigenvalue weighted by Gasteiger charge is 2.24. The van der Waals surface area contributed by atoms with Crippen LogP contribution in [-0.2, 0) is 9.59 Å². The lowest BCUT2D eigenvalue weighted by Gasteiger charge is -2.26. The van der Waals surface area contributed by atoms with Crippen LogP contribution in [0.3, 0.4) is 0 Å². The van der Waals surface area contributed by atoms with Gasteiger partial charge in [0, 0.05) is 34.3 Å². The molecule has 1 fully saturated rings. The van der Waals surface area contributed by atoms with Crippen LogP contribution in [0.4, 0.5) is 0 Å². The lowest BCUT2D eigenvalue weighted by Crippen LogP contribution is -2.45. The minimum Gasteiger partial charge on any atom is -0.473 e. The van der Waals surface area contributed by atoms with Crippen molar-refractivity contribution in [2.75, 3.05) is 13.1 Å². The van der Waals surface area contributed by atoms with Gasteiger partial charge in [0.1, 0.15) is 0 Å². The van der Waals surface area contributed by atoms with Gasteiger partial charge in [0.15, 0.2) is 5.69 Å². The average Bonchev–Trinajstić information content (AvgIpc) is 3.17. The molecule has 1 saturated heterocycles. The van der Waals surface area contributed by atoms with Crippen molar-refractivity contribution >= 4 is 52.6 Å². The Bertz CT molecular complexity index is 1260. The van der Waals surface area contributed by atoms with E-state index in [-0.39, 0.29) is 5.91 Å². The molecule has 4 rings (SSSR count). The summed E-state index contributed by atoms with van der Waals surface area (Å²) in [6.07, 6.45) is 3.34. The van der Waals surface area contributed by atoms with Gasteiger partial charge in [-0.3, -0.25) is 10.2 Å². The summed E-state index contributed by atoms with van der Waals surface area (Å²) in [5, 5.41) is 23.0. The third-order valence-corrected chi connectivity index (χ3v) is 6.18. The molecule has 0 radical (unpaired) electrons. The van der Waals surface area contributed by atoms with Crippen molar-refractivity contribution in [1.29, 1.82) is 0 Å². The van der Waals surface area contributed by atoms with E-state index in [4.69, 9.17) is 54.6 Å². The highest BCUT2D eigenvalue weighted by molar-refractivity contribution is 6.35. The van der Waals surface area contributed by atoms with Crippen molar-refractivity contribution in [2.24, 2.45) is 0 Å². The van der Waals surface area contributed by atoms with Crippen LogP contribution in [0, 0.1) is 6.92 Å². The number of aromatic nitrogens is 2. The van der Waals surface area contributed by atoms with E-state index < -0.39 is 11.9 Å². The van der Waals surface area contributed by atoms with E-state index in [1.54, 1.807) is 22.9 Å². The zero-order valence-electron chi connectivity index (χ0n) is 19.2. The van der Waals surface area contributed by atoms with Gasteiger partial charge in [-0.25, -0.2) is 19.3 Å². The molecule has 36 heavy (non-hydrogen) atoms. The number of hydrazine groups is 1. The highest BCUT2D eigenvalue weighted by atomic mass is 35.5. The predicted octanol–water partition coefficient (Wildman–Crippen LogP) is 5.09. The Labute approximate surface area is 222 Å². The summed E-state index contributed by atoms with van der Waals surface area (Å²) < 4.78 is 1.70. The van der Waals surface area contributed by atoms with Gasteiger partial charge in [-0.1, -0.05) is 53.4 Å². The van der Waals surface area contributed by atoms with Crippen LogP contribution in [-0.4, -0.2) is 55.9 Å². The number of hydrogen-bond acceptors (Lipinski definition) is 5. The van der Waals surface area contributed by atoms with Crippen molar-refractivity contribution in [2.45, 2.75) is 26.2 Å². The number of carbonyl (C=O) groups is 3. The van der Waals surface area contributed by atoms with Crippen LogP contribution in [0.1, 0.15) is 35.3 Å². The van der Waals surface area contributed by atoms with Gasteiger partial charge in [-0.2, -0.15) is 5.10 Å². The van der Waals surface area contributed by atoms with Crippen molar-refractivity contribution in [1.82, 2.24) is 20.2 Å². The molecular weight excluding hydrogens is 531 g/mol. The number of benzene rings is 2. The molecule has 0 atom stereocenters. The molecule has 3 aromatic rings. The summed E-state index contributed by atoms with van der Waals surface area (Å²) in [7, 11) is 0. The van der Waals surface area contributed by atoms with Gasteiger partial charge < -0.3 is 10.2 Å². The Kier molecular flexibility index (Phi) is 9.33. The number of nitrogens with zero attached hydrogens (tertiary/aromatic N) is 3. The summed E-state index contributed by atoms with van der Waals surface area (Å²) in [6.45, 7) is 3.58. The molecule has 3 N–H and O–H groups in total. The Balaban J connectivity index is 0.000000538. The van der Waals surface area contributed by atoms with Crippen LogP contribution in [0.25, 0.3) is 16.9 Å². The van der Waals surface area contributed by atoms with E-state index >= 15 is 0 Å². The molecule has 0 saturated carbocycles. The second-order valence-electron chi connectivity index (χ2n) is 7.94. The van der Waals surface area contributed by atoms with Crippen molar-refractivity contribution in [3.8, 4) is 16.9 Å². The number of hydrogen-bond donors (Lipinski definition) is 3. The molecule has 9 nitrogen and oxygen atoms in total. The molecule has 2 aromatic carbocycles. The minimum atomic E-state index is -1.82. The number of aliphatic carboxylic acids is 2. The fraction of sp³-hybridized carbons (Fsp3) is 0.250. The average molecular weight is 554 g/mol. The molecule has 2 heterocycles. The molecule has 0 spiro atoms. The second-order valence-corrected chi connectivity index (χ2v) is 9.22. The molecule has 1 aliphatic heterocycles. The van der Waals surface area contributed by atoms with E-state index in [0.29, 0.717) is 26.4 Å². The molecule has 0 unspecified atom stereocenters. The summed E-state index contributed by atoms with van der Waals surface area (Å²) in [6, 6.07) is 12.6. The van der Waals surface area contributed by atoms with Crippen molar-refractivity contribution < 1.29 is 24.6 Å². The lowest BCUT2D eigenvalue weighted by molar-refractivity contribution is -0.159. The van der Waals surface area contributed by atoms with E-state index in [1.165, 1.54) is 6.42 Å². The lowest BCUT2D eigenvalue weighted by atomic mass is 10.1. The quantitative estimate of drug-likeness (QED) is 0.384. The van der Waals surface area contributed by atoms with Gasteiger partial charge in [0.2, 0.25) is 0 Å². The van der Waals surface area contributed by atoms with Gasteiger partial charge >= 0.3 is 11.9 Å². The van der Waals surface area contributed by atoms with E-state index in [1.807, 2.05) is 36.2 Å². The van der Waals surface area contributed by atoms with Crippen LogP contribution in [0.15, 0.2) is 42.5 Å². The Morgan fingerprint density at radius 1 is 0.889 bits per heavy atom. The number of nitrogens with one attached hydrogen (secondary N) is 1. The largest absolute Gasteiger partial charge is 0.473 e. The fourth-order valence-electron chi connectivity index (χ4n) is 3.69. The number of carboxylic acids is 2. The third kappa shape index (κ3) is 6.76. The van der Waals surface area contributed by atoms with Crippen LogP contribution >= 0.6 is 34.8 Å². The van der Waals surface area contributed by atoms with E-state index in [9.17, 15) is 4.79 Å². The molecule has 12 heteroatoms. The number of amides is 1. The molecular formula is C24H23Cl3N4O5. The number of carboxylic acid groups (broad SMARTS) is 2. The second kappa shape index (κ2) is 12.2. The molecule has 1 amide bonds. The SMILES string of the molecule is Cc1c(C(=O)NN2CCCCC2)nn(-c2ccc(Cl)cc2Cl)c1-c1ccc(Cl)cc1.O=C(O)C(=O)O. The maximum Gasteiger partial charge on any atom is 0.414 e.